The van der Waals surface area contributed by atoms with Crippen molar-refractivity contribution < 1.29 is 60.2 Å². The first-order valence-corrected chi connectivity index (χ1v) is 11.7. The van der Waals surface area contributed by atoms with E-state index in [0.717, 1.165) is 18.9 Å². The second kappa shape index (κ2) is 17.0. The molecule has 0 spiro atoms. The molecule has 0 saturated carbocycles. The van der Waals surface area contributed by atoms with E-state index in [0.29, 0.717) is 6.54 Å². The van der Waals surface area contributed by atoms with E-state index >= 15 is 0 Å². The molecule has 1 fully saturated rings. The summed E-state index contributed by atoms with van der Waals surface area (Å²) in [7, 11) is -2.33. The van der Waals surface area contributed by atoms with Crippen LogP contribution in [-0.2, 0) is 63.6 Å². The summed E-state index contributed by atoms with van der Waals surface area (Å²) >= 11 is 0. The maximum Gasteiger partial charge on any atom is 0.396 e. The van der Waals surface area contributed by atoms with Crippen molar-refractivity contribution in [3.05, 3.63) is 56.8 Å². The molecule has 1 aromatic rings. The zero-order valence-electron chi connectivity index (χ0n) is 21.1. The zero-order chi connectivity index (χ0) is 27.2. The number of hydrogen-bond acceptors (Lipinski definition) is 6. The third-order valence-electron chi connectivity index (χ3n) is 4.74. The van der Waals surface area contributed by atoms with Crippen LogP contribution in [0.2, 0.25) is 0 Å². The maximum absolute atomic E-state index is 12.4. The molecule has 1 radical (unpaired) electrons. The molecule has 1 aliphatic rings. The Kier molecular flexibility index (Phi) is 18.0. The van der Waals surface area contributed by atoms with Crippen molar-refractivity contribution in [3.63, 3.8) is 0 Å². The molecular formula is C20H30N7O6SY-. The first-order chi connectivity index (χ1) is 15.7. The molecule has 0 atom stereocenters. The molecule has 3 amide bonds. The van der Waals surface area contributed by atoms with Crippen molar-refractivity contribution in [1.82, 2.24) is 4.90 Å². The monoisotopic (exact) mass is 585 g/mol. The van der Waals surface area contributed by atoms with Crippen LogP contribution in [0.5, 0.6) is 0 Å². The van der Waals surface area contributed by atoms with Crippen LogP contribution in [0.4, 0.5) is 4.79 Å². The number of imide groups is 1. The molecule has 2 rings (SSSR count). The van der Waals surface area contributed by atoms with Gasteiger partial charge in [-0.2, -0.15) is 30.3 Å². The topological polar surface area (TPSA) is 195 Å². The van der Waals surface area contributed by atoms with Gasteiger partial charge in [0.05, 0.1) is 17.9 Å². The van der Waals surface area contributed by atoms with E-state index < -0.39 is 26.9 Å². The van der Waals surface area contributed by atoms with Gasteiger partial charge < -0.3 is 4.74 Å². The normalized spacial score (nSPS) is 14.5. The number of carbonyl (C=O) groups is 3. The smallest absolute Gasteiger partial charge is 0.396 e. The number of ether oxygens (including phenoxy) is 1. The van der Waals surface area contributed by atoms with Gasteiger partial charge in [-0.1, -0.05) is 13.8 Å². The molecule has 1 saturated heterocycles. The average Bonchev–Trinajstić information content (AvgIpc) is 2.88. The van der Waals surface area contributed by atoms with Crippen LogP contribution in [-0.4, -0.2) is 44.6 Å². The van der Waals surface area contributed by atoms with Crippen LogP contribution in [0.15, 0.2) is 33.9 Å². The molecule has 191 valence electrons. The van der Waals surface area contributed by atoms with Gasteiger partial charge in [0.2, 0.25) is 21.8 Å². The van der Waals surface area contributed by atoms with E-state index in [9.17, 15) is 22.8 Å². The largest absolute Gasteiger partial charge is 0.464 e. The second-order valence-electron chi connectivity index (χ2n) is 7.42. The molecule has 13 nitrogen and oxygen atoms in total. The number of benzene rings is 1. The Morgan fingerprint density at radius 1 is 1.06 bits per heavy atom. The van der Waals surface area contributed by atoms with E-state index in [2.05, 4.69) is 25.3 Å². The van der Waals surface area contributed by atoms with Crippen LogP contribution in [0, 0.1) is 16.9 Å². The van der Waals surface area contributed by atoms with E-state index in [4.69, 9.17) is 11.1 Å². The fraction of sp³-hybridized carbons (Fsp3) is 0.550. The summed E-state index contributed by atoms with van der Waals surface area (Å²) in [4.78, 5) is 40.0. The van der Waals surface area contributed by atoms with Gasteiger partial charge in [-0.25, -0.2) is 13.2 Å². The minimum absolute atomic E-state index is 0. The Labute approximate surface area is 230 Å². The van der Waals surface area contributed by atoms with E-state index in [1.54, 1.807) is 12.1 Å². The number of carbonyl (C=O) groups excluding carboxylic acids is 3. The summed E-state index contributed by atoms with van der Waals surface area (Å²) in [5.74, 6) is -0.185. The molecule has 1 aliphatic heterocycles. The van der Waals surface area contributed by atoms with Crippen molar-refractivity contribution >= 4 is 27.9 Å². The minimum atomic E-state index is -3.47. The third kappa shape index (κ3) is 12.2. The fourth-order valence-electron chi connectivity index (χ4n) is 2.30. The molecular weight excluding hydrogens is 555 g/mol. The molecule has 0 bridgehead atoms. The molecule has 0 N–H and O–H groups in total. The standard InChI is InChI=1S/C15H18NO2.C2H3N3O2.C2H6.CH3N3O2S.Y/c1-14(2)12(17)16(13(18)15(14,3)4)10-11-8-6-5-7-9-11;1-7-2(6)4-5-3;1-2;1-7(5,6)4-3-2;/h6-9H,10H2,1-4H3;1H3;1-2H3;1H3;/q-1;;;;. The van der Waals surface area contributed by atoms with Crippen LogP contribution in [0.25, 0.3) is 20.9 Å². The Balaban J connectivity index is -0.000000504. The summed E-state index contributed by atoms with van der Waals surface area (Å²) in [5.41, 5.74) is 14.7. The van der Waals surface area contributed by atoms with Crippen LogP contribution >= 0.6 is 0 Å². The second-order valence-corrected chi connectivity index (χ2v) is 9.05. The van der Waals surface area contributed by atoms with Crippen molar-refractivity contribution in [2.24, 2.45) is 20.5 Å². The maximum atomic E-state index is 12.4. The molecule has 1 aromatic carbocycles. The van der Waals surface area contributed by atoms with E-state index in [-0.39, 0.29) is 44.5 Å². The van der Waals surface area contributed by atoms with Crippen molar-refractivity contribution in [2.75, 3.05) is 13.4 Å². The number of likely N-dealkylation sites (tertiary alicyclic amines) is 1. The van der Waals surface area contributed by atoms with Crippen LogP contribution in [0.3, 0.4) is 0 Å². The van der Waals surface area contributed by atoms with Gasteiger partial charge in [-0.15, -0.1) is 5.56 Å². The molecule has 0 aromatic heterocycles. The molecule has 0 aliphatic carbocycles. The van der Waals surface area contributed by atoms with Gasteiger partial charge in [0.15, 0.2) is 0 Å². The molecule has 35 heavy (non-hydrogen) atoms. The SMILES string of the molecule is CC.CC1(C)C(=O)N(Cc2cc[c-]cc2)C(=O)C1(C)C.COC(=O)N=[N+]=[N-].CS(=O)(=O)N=[N+]=[N-].[Y]. The fourth-order valence-corrected chi connectivity index (χ4v) is 2.43. The Morgan fingerprint density at radius 2 is 1.49 bits per heavy atom. The van der Waals surface area contributed by atoms with Crippen LogP contribution < -0.4 is 0 Å². The van der Waals surface area contributed by atoms with Crippen molar-refractivity contribution in [2.45, 2.75) is 48.1 Å². The first-order valence-electron chi connectivity index (χ1n) is 9.86. The quantitative estimate of drug-likeness (QED) is 0.161. The number of azide groups is 2. The number of methoxy groups -OCH3 is 1. The Bertz CT molecular complexity index is 1020. The van der Waals surface area contributed by atoms with Gasteiger partial charge >= 0.3 is 6.09 Å². The molecule has 1 heterocycles. The summed E-state index contributed by atoms with van der Waals surface area (Å²) in [5, 5.41) is 2.56. The Morgan fingerprint density at radius 3 is 1.74 bits per heavy atom. The number of nitrogens with zero attached hydrogens (tertiary/aromatic N) is 7. The third-order valence-corrected chi connectivity index (χ3v) is 5.11. The van der Waals surface area contributed by atoms with Gasteiger partial charge in [-0.05, 0) is 38.8 Å². The summed E-state index contributed by atoms with van der Waals surface area (Å²) in [6, 6.07) is 10.2. The van der Waals surface area contributed by atoms with E-state index in [1.165, 1.54) is 4.90 Å². The Hall–Kier alpha value is -2.50. The molecule has 15 heteroatoms. The van der Waals surface area contributed by atoms with Gasteiger partial charge in [0.1, 0.15) is 0 Å². The minimum Gasteiger partial charge on any atom is -0.464 e. The number of rotatable bonds is 3. The number of sulfonamides is 1. The van der Waals surface area contributed by atoms with Crippen LogP contribution in [0.1, 0.15) is 47.1 Å². The number of hydrogen-bond donors (Lipinski definition) is 0. The van der Waals surface area contributed by atoms with Crippen molar-refractivity contribution in [1.29, 1.82) is 0 Å². The first kappa shape index (κ1) is 37.1. The van der Waals surface area contributed by atoms with Gasteiger partial charge in [0.25, 0.3) is 0 Å². The summed E-state index contributed by atoms with van der Waals surface area (Å²) in [6.07, 6.45) is -0.0882. The predicted molar refractivity (Wildman–Crippen MR) is 125 cm³/mol. The average molecular weight is 585 g/mol. The zero-order valence-corrected chi connectivity index (χ0v) is 24.7. The van der Waals surface area contributed by atoms with E-state index in [1.807, 2.05) is 58.6 Å². The van der Waals surface area contributed by atoms with Gasteiger partial charge in [-0.3, -0.25) is 14.5 Å². The number of amides is 3. The predicted octanol–water partition coefficient (Wildman–Crippen LogP) is 4.75. The van der Waals surface area contributed by atoms with Gasteiger partial charge in [0, 0.05) is 65.0 Å². The molecule has 0 unspecified atom stereocenters. The van der Waals surface area contributed by atoms with Crippen molar-refractivity contribution in [3.8, 4) is 0 Å². The summed E-state index contributed by atoms with van der Waals surface area (Å²) in [6.45, 7) is 11.7. The summed E-state index contributed by atoms with van der Waals surface area (Å²) < 4.78 is 26.0.